The van der Waals surface area contributed by atoms with Gasteiger partial charge in [0.25, 0.3) is 0 Å². The van der Waals surface area contributed by atoms with E-state index in [1.807, 2.05) is 24.3 Å². The summed E-state index contributed by atoms with van der Waals surface area (Å²) < 4.78 is 5.17. The summed E-state index contributed by atoms with van der Waals surface area (Å²) in [5.74, 6) is 1.46. The van der Waals surface area contributed by atoms with E-state index < -0.39 is 0 Å². The molecule has 2 rings (SSSR count). The zero-order chi connectivity index (χ0) is 13.8. The minimum Gasteiger partial charge on any atom is -0.497 e. The second kappa shape index (κ2) is 6.17. The van der Waals surface area contributed by atoms with Gasteiger partial charge in [-0.1, -0.05) is 13.8 Å². The first kappa shape index (κ1) is 14.0. The maximum absolute atomic E-state index is 5.81. The number of benzene rings is 1. The Labute approximate surface area is 118 Å². The number of aromatic nitrogens is 1. The van der Waals surface area contributed by atoms with Crippen molar-refractivity contribution in [1.82, 2.24) is 4.98 Å². The Morgan fingerprint density at radius 3 is 2.47 bits per heavy atom. The fraction of sp³-hybridized carbons (Fsp3) is 0.400. The van der Waals surface area contributed by atoms with E-state index in [4.69, 9.17) is 15.5 Å². The minimum atomic E-state index is 0.565. The van der Waals surface area contributed by atoms with E-state index in [0.29, 0.717) is 12.5 Å². The van der Waals surface area contributed by atoms with Crippen LogP contribution < -0.4 is 10.5 Å². The van der Waals surface area contributed by atoms with Gasteiger partial charge in [-0.3, -0.25) is 0 Å². The molecular formula is C15H20N2OS. The maximum atomic E-state index is 5.81. The van der Waals surface area contributed by atoms with Crippen LogP contribution in [0.2, 0.25) is 0 Å². The van der Waals surface area contributed by atoms with Crippen molar-refractivity contribution in [2.75, 3.05) is 7.11 Å². The highest BCUT2D eigenvalue weighted by Crippen LogP contribution is 2.30. The molecule has 2 N–H and O–H groups in total. The average molecular weight is 276 g/mol. The van der Waals surface area contributed by atoms with Gasteiger partial charge < -0.3 is 10.5 Å². The van der Waals surface area contributed by atoms with E-state index in [2.05, 4.69) is 13.8 Å². The molecule has 1 aromatic heterocycles. The van der Waals surface area contributed by atoms with E-state index >= 15 is 0 Å². The number of methoxy groups -OCH3 is 1. The summed E-state index contributed by atoms with van der Waals surface area (Å²) in [6.07, 6.45) is 0.985. The van der Waals surface area contributed by atoms with Crippen molar-refractivity contribution in [1.29, 1.82) is 0 Å². The van der Waals surface area contributed by atoms with Gasteiger partial charge in [0.05, 0.1) is 12.8 Å². The molecule has 0 unspecified atom stereocenters. The first-order valence-corrected chi connectivity index (χ1v) is 7.28. The Hall–Kier alpha value is -1.39. The monoisotopic (exact) mass is 276 g/mol. The molecular weight excluding hydrogens is 256 g/mol. The fourth-order valence-electron chi connectivity index (χ4n) is 1.95. The predicted octanol–water partition coefficient (Wildman–Crippen LogP) is 3.48. The van der Waals surface area contributed by atoms with E-state index in [9.17, 15) is 0 Å². The number of nitrogens with zero attached hydrogens (tertiary/aromatic N) is 1. The van der Waals surface area contributed by atoms with E-state index in [1.54, 1.807) is 18.4 Å². The van der Waals surface area contributed by atoms with E-state index in [0.717, 1.165) is 28.4 Å². The van der Waals surface area contributed by atoms with Crippen LogP contribution in [-0.2, 0) is 13.0 Å². The summed E-state index contributed by atoms with van der Waals surface area (Å²) in [6, 6.07) is 8.00. The highest BCUT2D eigenvalue weighted by atomic mass is 32.1. The summed E-state index contributed by atoms with van der Waals surface area (Å²) in [6.45, 7) is 4.97. The highest BCUT2D eigenvalue weighted by molar-refractivity contribution is 7.15. The Bertz CT molecular complexity index is 532. The lowest BCUT2D eigenvalue weighted by molar-refractivity contribution is 0.415. The molecule has 0 aliphatic rings. The van der Waals surface area contributed by atoms with Crippen molar-refractivity contribution in [2.24, 2.45) is 11.7 Å². The third kappa shape index (κ3) is 3.33. The molecule has 0 amide bonds. The van der Waals surface area contributed by atoms with Crippen LogP contribution in [0.1, 0.15) is 24.4 Å². The van der Waals surface area contributed by atoms with Gasteiger partial charge >= 0.3 is 0 Å². The van der Waals surface area contributed by atoms with Crippen LogP contribution in [0.4, 0.5) is 0 Å². The lowest BCUT2D eigenvalue weighted by Crippen LogP contribution is -2.01. The van der Waals surface area contributed by atoms with Gasteiger partial charge in [0.15, 0.2) is 0 Å². The lowest BCUT2D eigenvalue weighted by atomic mass is 10.1. The van der Waals surface area contributed by atoms with Crippen molar-refractivity contribution in [2.45, 2.75) is 26.8 Å². The number of thiazole rings is 1. The number of ether oxygens (including phenoxy) is 1. The van der Waals surface area contributed by atoms with Crippen molar-refractivity contribution >= 4 is 11.3 Å². The van der Waals surface area contributed by atoms with Gasteiger partial charge in [0, 0.05) is 17.0 Å². The molecule has 0 spiro atoms. The molecule has 0 saturated carbocycles. The zero-order valence-corrected chi connectivity index (χ0v) is 12.5. The normalized spacial score (nSPS) is 11.0. The molecule has 19 heavy (non-hydrogen) atoms. The molecule has 4 heteroatoms. The molecule has 0 radical (unpaired) electrons. The van der Waals surface area contributed by atoms with Gasteiger partial charge in [-0.2, -0.15) is 0 Å². The van der Waals surface area contributed by atoms with Crippen LogP contribution in [0.3, 0.4) is 0 Å². The molecule has 102 valence electrons. The van der Waals surface area contributed by atoms with Crippen LogP contribution in [0.5, 0.6) is 5.75 Å². The SMILES string of the molecule is COc1ccc(-c2nc(CC(C)C)c(CN)s2)cc1. The maximum Gasteiger partial charge on any atom is 0.123 e. The molecule has 0 saturated heterocycles. The van der Waals surface area contributed by atoms with E-state index in [-0.39, 0.29) is 0 Å². The third-order valence-electron chi connectivity index (χ3n) is 2.90. The van der Waals surface area contributed by atoms with Crippen LogP contribution >= 0.6 is 11.3 Å². The Morgan fingerprint density at radius 2 is 1.95 bits per heavy atom. The predicted molar refractivity (Wildman–Crippen MR) is 80.5 cm³/mol. The Morgan fingerprint density at radius 1 is 1.26 bits per heavy atom. The third-order valence-corrected chi connectivity index (χ3v) is 4.07. The Kier molecular flexibility index (Phi) is 4.56. The van der Waals surface area contributed by atoms with Gasteiger partial charge in [-0.25, -0.2) is 4.98 Å². The number of rotatable bonds is 5. The molecule has 0 atom stereocenters. The number of hydrogen-bond donors (Lipinski definition) is 1. The minimum absolute atomic E-state index is 0.565. The van der Waals surface area contributed by atoms with Crippen molar-refractivity contribution in [3.05, 3.63) is 34.8 Å². The summed E-state index contributed by atoms with van der Waals surface area (Å²) in [7, 11) is 1.67. The molecule has 0 aliphatic carbocycles. The van der Waals surface area contributed by atoms with Gasteiger partial charge in [-0.05, 0) is 36.6 Å². The van der Waals surface area contributed by atoms with Crippen LogP contribution in [0.25, 0.3) is 10.6 Å². The largest absolute Gasteiger partial charge is 0.497 e. The molecule has 1 aromatic carbocycles. The van der Waals surface area contributed by atoms with Crippen LogP contribution in [0, 0.1) is 5.92 Å². The first-order chi connectivity index (χ1) is 9.13. The van der Waals surface area contributed by atoms with Gasteiger partial charge in [0.2, 0.25) is 0 Å². The highest BCUT2D eigenvalue weighted by Gasteiger charge is 2.12. The molecule has 0 aliphatic heterocycles. The summed E-state index contributed by atoms with van der Waals surface area (Å²) in [5.41, 5.74) is 8.08. The fourth-order valence-corrected chi connectivity index (χ4v) is 2.92. The lowest BCUT2D eigenvalue weighted by Gasteiger charge is -2.02. The number of hydrogen-bond acceptors (Lipinski definition) is 4. The second-order valence-electron chi connectivity index (χ2n) is 4.92. The molecule has 0 fully saturated rings. The standard InChI is InChI=1S/C15H20N2OS/c1-10(2)8-13-14(9-16)19-15(17-13)11-4-6-12(18-3)7-5-11/h4-7,10H,8-9,16H2,1-3H3. The quantitative estimate of drug-likeness (QED) is 0.909. The van der Waals surface area contributed by atoms with Crippen LogP contribution in [0.15, 0.2) is 24.3 Å². The summed E-state index contributed by atoms with van der Waals surface area (Å²) in [4.78, 5) is 5.94. The van der Waals surface area contributed by atoms with Crippen molar-refractivity contribution < 1.29 is 4.74 Å². The summed E-state index contributed by atoms with van der Waals surface area (Å²) in [5, 5.41) is 1.04. The molecule has 1 heterocycles. The Balaban J connectivity index is 2.31. The summed E-state index contributed by atoms with van der Waals surface area (Å²) >= 11 is 1.69. The smallest absolute Gasteiger partial charge is 0.123 e. The van der Waals surface area contributed by atoms with Crippen LogP contribution in [-0.4, -0.2) is 12.1 Å². The topological polar surface area (TPSA) is 48.1 Å². The van der Waals surface area contributed by atoms with Crippen molar-refractivity contribution in [3.8, 4) is 16.3 Å². The number of nitrogens with two attached hydrogens (primary N) is 1. The molecule has 3 nitrogen and oxygen atoms in total. The zero-order valence-electron chi connectivity index (χ0n) is 11.6. The first-order valence-electron chi connectivity index (χ1n) is 6.47. The molecule has 2 aromatic rings. The van der Waals surface area contributed by atoms with Gasteiger partial charge in [-0.15, -0.1) is 11.3 Å². The van der Waals surface area contributed by atoms with Gasteiger partial charge in [0.1, 0.15) is 10.8 Å². The molecule has 0 bridgehead atoms. The average Bonchev–Trinajstić information content (AvgIpc) is 2.81. The second-order valence-corrected chi connectivity index (χ2v) is 6.00. The van der Waals surface area contributed by atoms with Crippen molar-refractivity contribution in [3.63, 3.8) is 0 Å². The van der Waals surface area contributed by atoms with E-state index in [1.165, 1.54) is 4.88 Å².